The van der Waals surface area contributed by atoms with E-state index in [0.29, 0.717) is 0 Å². The Morgan fingerprint density at radius 1 is 1.85 bits per heavy atom. The fourth-order valence-corrected chi connectivity index (χ4v) is 1.20. The number of oxime groups is 1. The van der Waals surface area contributed by atoms with Gasteiger partial charge in [0.1, 0.15) is 0 Å². The Balaban J connectivity index is 2.32. The van der Waals surface area contributed by atoms with E-state index in [9.17, 15) is 0 Å². The minimum atomic E-state index is 0.236. The van der Waals surface area contributed by atoms with Crippen LogP contribution in [-0.2, 0) is 4.84 Å². The Morgan fingerprint density at radius 3 is 3.38 bits per heavy atom. The summed E-state index contributed by atoms with van der Waals surface area (Å²) in [7, 11) is 2.09. The lowest BCUT2D eigenvalue weighted by Gasteiger charge is -2.20. The molecule has 0 unspecified atom stereocenters. The molecule has 0 aromatic heterocycles. The molecule has 0 bridgehead atoms. The standard InChI is InChI=1S/C10H14N2O/c1-3-7-13-11-8-10-5-4-6-12(2)9-10/h1,5,8H,4,6-7,9H2,2H3/b11-8+. The molecule has 0 radical (unpaired) electrons. The molecule has 0 saturated heterocycles. The quantitative estimate of drug-likeness (QED) is 0.277. The molecule has 0 amide bonds. The first kappa shape index (κ1) is 9.82. The fourth-order valence-electron chi connectivity index (χ4n) is 1.20. The van der Waals surface area contributed by atoms with Crippen molar-refractivity contribution in [3.05, 3.63) is 11.6 Å². The van der Waals surface area contributed by atoms with E-state index in [1.165, 1.54) is 5.57 Å². The van der Waals surface area contributed by atoms with Crippen molar-refractivity contribution in [1.29, 1.82) is 0 Å². The fraction of sp³-hybridized carbons (Fsp3) is 0.500. The first-order valence-corrected chi connectivity index (χ1v) is 4.29. The van der Waals surface area contributed by atoms with Crippen LogP contribution < -0.4 is 0 Å². The summed E-state index contributed by atoms with van der Waals surface area (Å²) in [5, 5.41) is 3.76. The molecule has 1 heterocycles. The van der Waals surface area contributed by atoms with Gasteiger partial charge >= 0.3 is 0 Å². The van der Waals surface area contributed by atoms with E-state index in [1.807, 2.05) is 0 Å². The van der Waals surface area contributed by atoms with Gasteiger partial charge in [0.25, 0.3) is 0 Å². The molecule has 3 nitrogen and oxygen atoms in total. The van der Waals surface area contributed by atoms with Gasteiger partial charge in [-0.05, 0) is 19.0 Å². The summed E-state index contributed by atoms with van der Waals surface area (Å²) in [5.74, 6) is 2.35. The van der Waals surface area contributed by atoms with Gasteiger partial charge in [-0.1, -0.05) is 17.2 Å². The predicted molar refractivity (Wildman–Crippen MR) is 53.5 cm³/mol. The van der Waals surface area contributed by atoms with Crippen molar-refractivity contribution in [3.63, 3.8) is 0 Å². The van der Waals surface area contributed by atoms with Crippen LogP contribution in [0.4, 0.5) is 0 Å². The number of rotatable bonds is 3. The zero-order valence-corrected chi connectivity index (χ0v) is 7.86. The third-order valence-corrected chi connectivity index (χ3v) is 1.81. The zero-order valence-electron chi connectivity index (χ0n) is 7.86. The molecule has 0 aliphatic carbocycles. The third-order valence-electron chi connectivity index (χ3n) is 1.81. The summed E-state index contributed by atoms with van der Waals surface area (Å²) >= 11 is 0. The van der Waals surface area contributed by atoms with Crippen LogP contribution in [0.3, 0.4) is 0 Å². The van der Waals surface area contributed by atoms with Crippen LogP contribution in [0.5, 0.6) is 0 Å². The number of hydrogen-bond donors (Lipinski definition) is 0. The summed E-state index contributed by atoms with van der Waals surface area (Å²) in [6, 6.07) is 0. The molecule has 0 N–H and O–H groups in total. The summed E-state index contributed by atoms with van der Waals surface area (Å²) in [6.45, 7) is 2.28. The van der Waals surface area contributed by atoms with Crippen molar-refractivity contribution in [1.82, 2.24) is 4.90 Å². The van der Waals surface area contributed by atoms with Crippen molar-refractivity contribution in [2.45, 2.75) is 6.42 Å². The second-order valence-electron chi connectivity index (χ2n) is 3.02. The lowest BCUT2D eigenvalue weighted by atomic mass is 10.1. The Kier molecular flexibility index (Phi) is 4.07. The van der Waals surface area contributed by atoms with Gasteiger partial charge in [-0.3, -0.25) is 0 Å². The molecule has 0 aromatic carbocycles. The van der Waals surface area contributed by atoms with Crippen molar-refractivity contribution in [3.8, 4) is 12.3 Å². The summed E-state index contributed by atoms with van der Waals surface area (Å²) in [5.41, 5.74) is 1.19. The van der Waals surface area contributed by atoms with Crippen LogP contribution >= 0.6 is 0 Å². The Labute approximate surface area is 79.1 Å². The van der Waals surface area contributed by atoms with Gasteiger partial charge in [0.15, 0.2) is 6.61 Å². The van der Waals surface area contributed by atoms with E-state index in [2.05, 4.69) is 29.1 Å². The van der Waals surface area contributed by atoms with Gasteiger partial charge in [0.2, 0.25) is 0 Å². The maximum atomic E-state index is 5.00. The highest BCUT2D eigenvalue weighted by molar-refractivity contribution is 5.78. The third kappa shape index (κ3) is 3.77. The largest absolute Gasteiger partial charge is 0.383 e. The van der Waals surface area contributed by atoms with Crippen LogP contribution in [0.15, 0.2) is 16.8 Å². The van der Waals surface area contributed by atoms with Gasteiger partial charge in [-0.2, -0.15) is 0 Å². The lowest BCUT2D eigenvalue weighted by Crippen LogP contribution is -2.25. The normalized spacial score (nSPS) is 18.3. The number of hydrogen-bond acceptors (Lipinski definition) is 3. The van der Waals surface area contributed by atoms with Gasteiger partial charge in [0.05, 0.1) is 6.21 Å². The Hall–Kier alpha value is -1.27. The smallest absolute Gasteiger partial charge is 0.177 e. The highest BCUT2D eigenvalue weighted by Gasteiger charge is 2.05. The SMILES string of the molecule is C#CCO/N=C/C1=CCCN(C)C1. The molecule has 0 aromatic rings. The van der Waals surface area contributed by atoms with Crippen molar-refractivity contribution < 1.29 is 4.84 Å². The molecule has 0 spiro atoms. The lowest BCUT2D eigenvalue weighted by molar-refractivity contribution is 0.181. The minimum Gasteiger partial charge on any atom is -0.383 e. The van der Waals surface area contributed by atoms with Crippen LogP contribution in [0.25, 0.3) is 0 Å². The molecule has 0 fully saturated rings. The predicted octanol–water partition coefficient (Wildman–Crippen LogP) is 0.884. The maximum absolute atomic E-state index is 5.00. The second-order valence-corrected chi connectivity index (χ2v) is 3.02. The van der Waals surface area contributed by atoms with Gasteiger partial charge in [-0.25, -0.2) is 0 Å². The minimum absolute atomic E-state index is 0.236. The Bertz CT molecular complexity index is 250. The van der Waals surface area contributed by atoms with Crippen molar-refractivity contribution in [2.24, 2.45) is 5.16 Å². The zero-order chi connectivity index (χ0) is 9.52. The van der Waals surface area contributed by atoms with Gasteiger partial charge in [-0.15, -0.1) is 6.42 Å². The van der Waals surface area contributed by atoms with E-state index >= 15 is 0 Å². The van der Waals surface area contributed by atoms with Crippen LogP contribution in [0.2, 0.25) is 0 Å². The van der Waals surface area contributed by atoms with Crippen LogP contribution in [0, 0.1) is 12.3 Å². The van der Waals surface area contributed by atoms with Crippen molar-refractivity contribution in [2.75, 3.05) is 26.7 Å². The number of nitrogens with zero attached hydrogens (tertiary/aromatic N) is 2. The summed E-state index contributed by atoms with van der Waals surface area (Å²) in [6.07, 6.45) is 9.97. The topological polar surface area (TPSA) is 24.8 Å². The van der Waals surface area contributed by atoms with E-state index < -0.39 is 0 Å². The number of likely N-dealkylation sites (N-methyl/N-ethyl adjacent to an activating group) is 1. The molecule has 3 heteroatoms. The molecular formula is C10H14N2O. The maximum Gasteiger partial charge on any atom is 0.177 e. The highest BCUT2D eigenvalue weighted by atomic mass is 16.6. The molecule has 1 aliphatic heterocycles. The number of terminal acetylenes is 1. The first-order chi connectivity index (χ1) is 6.33. The van der Waals surface area contributed by atoms with Crippen molar-refractivity contribution >= 4 is 6.21 Å². The molecule has 1 aliphatic rings. The summed E-state index contributed by atoms with van der Waals surface area (Å²) in [4.78, 5) is 7.03. The molecule has 1 rings (SSSR count). The van der Waals surface area contributed by atoms with Crippen LogP contribution in [-0.4, -0.2) is 37.9 Å². The Morgan fingerprint density at radius 2 is 2.69 bits per heavy atom. The average molecular weight is 178 g/mol. The summed E-state index contributed by atoms with van der Waals surface area (Å²) < 4.78 is 0. The second kappa shape index (κ2) is 5.39. The van der Waals surface area contributed by atoms with E-state index in [0.717, 1.165) is 19.5 Å². The van der Waals surface area contributed by atoms with E-state index in [4.69, 9.17) is 11.3 Å². The molecule has 0 saturated carbocycles. The van der Waals surface area contributed by atoms with Crippen LogP contribution in [0.1, 0.15) is 6.42 Å². The molecular weight excluding hydrogens is 164 g/mol. The van der Waals surface area contributed by atoms with E-state index in [1.54, 1.807) is 6.21 Å². The van der Waals surface area contributed by atoms with Gasteiger partial charge in [0, 0.05) is 13.1 Å². The molecule has 70 valence electrons. The highest BCUT2D eigenvalue weighted by Crippen LogP contribution is 2.04. The molecule has 0 atom stereocenters. The monoisotopic (exact) mass is 178 g/mol. The average Bonchev–Trinajstić information content (AvgIpc) is 2.13. The molecule has 13 heavy (non-hydrogen) atoms. The van der Waals surface area contributed by atoms with Gasteiger partial charge < -0.3 is 9.74 Å². The van der Waals surface area contributed by atoms with E-state index in [-0.39, 0.29) is 6.61 Å². The first-order valence-electron chi connectivity index (χ1n) is 4.29.